The molecule has 102 valence electrons. The third-order valence-corrected chi connectivity index (χ3v) is 5.39. The summed E-state index contributed by atoms with van der Waals surface area (Å²) in [5, 5.41) is 9.51. The number of carboxylic acid groups (broad SMARTS) is 1. The van der Waals surface area contributed by atoms with E-state index in [1.54, 1.807) is 0 Å². The van der Waals surface area contributed by atoms with Gasteiger partial charge in [-0.05, 0) is 65.1 Å². The van der Waals surface area contributed by atoms with E-state index in [-0.39, 0.29) is 0 Å². The Bertz CT molecular complexity index is 347. The molecule has 3 aliphatic heterocycles. The molecule has 0 aromatic rings. The topological polar surface area (TPSA) is 43.8 Å². The second kappa shape index (κ2) is 4.49. The number of aliphatic carboxylic acids is 1. The normalized spacial score (nSPS) is 42.1. The van der Waals surface area contributed by atoms with Crippen molar-refractivity contribution in [3.63, 3.8) is 0 Å². The first kappa shape index (κ1) is 12.4. The quantitative estimate of drug-likeness (QED) is 0.810. The summed E-state index contributed by atoms with van der Waals surface area (Å²) in [6, 6.07) is 1.22. The maximum absolute atomic E-state index is 11.6. The minimum Gasteiger partial charge on any atom is -0.480 e. The van der Waals surface area contributed by atoms with Crippen molar-refractivity contribution >= 4 is 5.97 Å². The molecular weight excluding hydrogens is 228 g/mol. The Morgan fingerprint density at radius 2 is 2.00 bits per heavy atom. The number of nitrogens with zero attached hydrogens (tertiary/aromatic N) is 2. The van der Waals surface area contributed by atoms with Gasteiger partial charge in [0.25, 0.3) is 0 Å². The molecule has 0 aliphatic carbocycles. The molecule has 0 saturated carbocycles. The highest BCUT2D eigenvalue weighted by atomic mass is 16.4. The molecule has 0 aromatic heterocycles. The smallest absolute Gasteiger partial charge is 0.323 e. The standard InChI is InChI=1S/C14H24N2O2/c1-14(13(17)18)6-3-8-16(14)12-5-9-15-7-2-4-11(15)10-12/h11-12H,2-10H2,1H3,(H,17,18). The fourth-order valence-corrected chi connectivity index (χ4v) is 4.29. The van der Waals surface area contributed by atoms with Crippen LogP contribution in [-0.2, 0) is 4.79 Å². The van der Waals surface area contributed by atoms with Gasteiger partial charge in [0.05, 0.1) is 0 Å². The predicted molar refractivity (Wildman–Crippen MR) is 69.6 cm³/mol. The Kier molecular flexibility index (Phi) is 3.10. The first-order valence-electron chi connectivity index (χ1n) is 7.35. The lowest BCUT2D eigenvalue weighted by molar-refractivity contribution is -0.150. The molecule has 3 aliphatic rings. The van der Waals surface area contributed by atoms with Gasteiger partial charge in [0.2, 0.25) is 0 Å². The van der Waals surface area contributed by atoms with Crippen LogP contribution >= 0.6 is 0 Å². The Labute approximate surface area is 109 Å². The molecule has 3 saturated heterocycles. The van der Waals surface area contributed by atoms with Crippen molar-refractivity contribution in [1.82, 2.24) is 9.80 Å². The lowest BCUT2D eigenvalue weighted by Gasteiger charge is -2.44. The van der Waals surface area contributed by atoms with E-state index in [0.29, 0.717) is 6.04 Å². The number of hydrogen-bond donors (Lipinski definition) is 1. The molecule has 3 heterocycles. The summed E-state index contributed by atoms with van der Waals surface area (Å²) < 4.78 is 0. The van der Waals surface area contributed by atoms with Gasteiger partial charge in [-0.2, -0.15) is 0 Å². The Balaban J connectivity index is 1.73. The maximum atomic E-state index is 11.6. The number of hydrogen-bond acceptors (Lipinski definition) is 3. The van der Waals surface area contributed by atoms with Crippen LogP contribution < -0.4 is 0 Å². The number of carboxylic acids is 1. The predicted octanol–water partition coefficient (Wildman–Crippen LogP) is 1.55. The van der Waals surface area contributed by atoms with Crippen LogP contribution in [0.3, 0.4) is 0 Å². The van der Waals surface area contributed by atoms with Crippen molar-refractivity contribution in [3.8, 4) is 0 Å². The molecule has 3 unspecified atom stereocenters. The molecule has 3 rings (SSSR count). The molecule has 1 N–H and O–H groups in total. The highest BCUT2D eigenvalue weighted by Crippen LogP contribution is 2.37. The van der Waals surface area contributed by atoms with Gasteiger partial charge in [-0.3, -0.25) is 9.69 Å². The van der Waals surface area contributed by atoms with Crippen LogP contribution in [0.25, 0.3) is 0 Å². The monoisotopic (exact) mass is 252 g/mol. The van der Waals surface area contributed by atoms with Crippen molar-refractivity contribution in [2.45, 2.75) is 63.1 Å². The molecule has 18 heavy (non-hydrogen) atoms. The third-order valence-electron chi connectivity index (χ3n) is 5.39. The van der Waals surface area contributed by atoms with Crippen LogP contribution in [0.4, 0.5) is 0 Å². The van der Waals surface area contributed by atoms with E-state index in [1.807, 2.05) is 6.92 Å². The lowest BCUT2D eigenvalue weighted by Crippen LogP contribution is -2.56. The fourth-order valence-electron chi connectivity index (χ4n) is 4.29. The van der Waals surface area contributed by atoms with E-state index >= 15 is 0 Å². The Hall–Kier alpha value is -0.610. The maximum Gasteiger partial charge on any atom is 0.323 e. The average molecular weight is 252 g/mol. The van der Waals surface area contributed by atoms with E-state index in [1.165, 1.54) is 32.4 Å². The summed E-state index contributed by atoms with van der Waals surface area (Å²) in [6.45, 7) is 5.32. The van der Waals surface area contributed by atoms with E-state index in [0.717, 1.165) is 31.8 Å². The van der Waals surface area contributed by atoms with Gasteiger partial charge in [0.15, 0.2) is 0 Å². The fraction of sp³-hybridized carbons (Fsp3) is 0.929. The highest BCUT2D eigenvalue weighted by molar-refractivity contribution is 5.78. The molecule has 0 spiro atoms. The van der Waals surface area contributed by atoms with Crippen LogP contribution in [0.2, 0.25) is 0 Å². The van der Waals surface area contributed by atoms with E-state index in [9.17, 15) is 9.90 Å². The van der Waals surface area contributed by atoms with Crippen molar-refractivity contribution in [3.05, 3.63) is 0 Å². The molecule has 0 radical (unpaired) electrons. The first-order valence-corrected chi connectivity index (χ1v) is 7.35. The zero-order valence-electron chi connectivity index (χ0n) is 11.3. The van der Waals surface area contributed by atoms with Gasteiger partial charge in [-0.15, -0.1) is 0 Å². The first-order chi connectivity index (χ1) is 8.61. The van der Waals surface area contributed by atoms with Gasteiger partial charge in [-0.25, -0.2) is 0 Å². The molecule has 4 heteroatoms. The van der Waals surface area contributed by atoms with Crippen molar-refractivity contribution in [1.29, 1.82) is 0 Å². The SMILES string of the molecule is CC1(C(=O)O)CCCN1C1CCN2CCCC2C1. The second-order valence-electron chi connectivity index (χ2n) is 6.39. The third kappa shape index (κ3) is 1.86. The molecular formula is C14H24N2O2. The van der Waals surface area contributed by atoms with E-state index in [2.05, 4.69) is 9.80 Å². The highest BCUT2D eigenvalue weighted by Gasteiger charge is 2.48. The Morgan fingerprint density at radius 1 is 1.17 bits per heavy atom. The minimum absolute atomic E-state index is 0.493. The average Bonchev–Trinajstić information content (AvgIpc) is 2.94. The van der Waals surface area contributed by atoms with Crippen LogP contribution in [0.5, 0.6) is 0 Å². The van der Waals surface area contributed by atoms with Crippen LogP contribution in [-0.4, -0.2) is 58.1 Å². The molecule has 0 bridgehead atoms. The van der Waals surface area contributed by atoms with Crippen molar-refractivity contribution in [2.75, 3.05) is 19.6 Å². The summed E-state index contributed by atoms with van der Waals surface area (Å²) in [5.74, 6) is -0.631. The van der Waals surface area contributed by atoms with Gasteiger partial charge in [0, 0.05) is 12.1 Å². The van der Waals surface area contributed by atoms with E-state index < -0.39 is 11.5 Å². The number of likely N-dealkylation sites (tertiary alicyclic amines) is 1. The molecule has 0 amide bonds. The van der Waals surface area contributed by atoms with Gasteiger partial charge < -0.3 is 10.0 Å². The van der Waals surface area contributed by atoms with Crippen LogP contribution in [0.1, 0.15) is 45.4 Å². The largest absolute Gasteiger partial charge is 0.480 e. The number of carbonyl (C=O) groups is 1. The molecule has 3 atom stereocenters. The second-order valence-corrected chi connectivity index (χ2v) is 6.39. The van der Waals surface area contributed by atoms with Gasteiger partial charge in [-0.1, -0.05) is 0 Å². The summed E-state index contributed by atoms with van der Waals surface area (Å²) in [6.07, 6.45) is 6.82. The number of fused-ring (bicyclic) bond motifs is 1. The summed E-state index contributed by atoms with van der Waals surface area (Å²) in [5.41, 5.74) is -0.606. The zero-order valence-corrected chi connectivity index (χ0v) is 11.3. The molecule has 3 fully saturated rings. The van der Waals surface area contributed by atoms with E-state index in [4.69, 9.17) is 0 Å². The Morgan fingerprint density at radius 3 is 2.78 bits per heavy atom. The number of piperidine rings is 1. The van der Waals surface area contributed by atoms with Crippen LogP contribution in [0.15, 0.2) is 0 Å². The summed E-state index contributed by atoms with van der Waals surface area (Å²) in [4.78, 5) is 16.5. The van der Waals surface area contributed by atoms with Crippen LogP contribution in [0, 0.1) is 0 Å². The lowest BCUT2D eigenvalue weighted by atomic mass is 9.91. The van der Waals surface area contributed by atoms with Crippen molar-refractivity contribution in [2.24, 2.45) is 0 Å². The zero-order chi connectivity index (χ0) is 12.8. The van der Waals surface area contributed by atoms with Gasteiger partial charge in [0.1, 0.15) is 5.54 Å². The summed E-state index contributed by atoms with van der Waals surface area (Å²) >= 11 is 0. The van der Waals surface area contributed by atoms with Crippen molar-refractivity contribution < 1.29 is 9.90 Å². The number of rotatable bonds is 2. The molecule has 4 nitrogen and oxygen atoms in total. The molecule has 0 aromatic carbocycles. The summed E-state index contributed by atoms with van der Waals surface area (Å²) in [7, 11) is 0. The minimum atomic E-state index is -0.631. The van der Waals surface area contributed by atoms with Gasteiger partial charge >= 0.3 is 5.97 Å².